The molecule has 110 valence electrons. The van der Waals surface area contributed by atoms with Gasteiger partial charge in [0.25, 0.3) is 0 Å². The predicted octanol–water partition coefficient (Wildman–Crippen LogP) is 2.68. The summed E-state index contributed by atoms with van der Waals surface area (Å²) in [6, 6.07) is 7.24. The number of nitrogens with zero attached hydrogens (tertiary/aromatic N) is 1. The molecular formula is C16H19BFNO2. The van der Waals surface area contributed by atoms with E-state index in [1.807, 2.05) is 33.8 Å². The molecule has 0 atom stereocenters. The molecule has 2 fully saturated rings. The standard InChI is InChI=1S/C16H19BFNO2/c1-14(2)15(3,4)21-17(20-14)12-6-5-11(9-13(12)18)16(10-19)7-8-16/h5-6,9H,7-8H2,1-4H3. The first-order valence-corrected chi connectivity index (χ1v) is 7.28. The van der Waals surface area contributed by atoms with Gasteiger partial charge in [0.15, 0.2) is 0 Å². The van der Waals surface area contributed by atoms with Crippen molar-refractivity contribution >= 4 is 12.6 Å². The number of nitriles is 1. The van der Waals surface area contributed by atoms with E-state index in [1.165, 1.54) is 6.07 Å². The quantitative estimate of drug-likeness (QED) is 0.785. The van der Waals surface area contributed by atoms with E-state index in [1.54, 1.807) is 6.07 Å². The zero-order chi connectivity index (χ0) is 15.5. The Balaban J connectivity index is 1.90. The van der Waals surface area contributed by atoms with Crippen LogP contribution in [0.4, 0.5) is 4.39 Å². The van der Waals surface area contributed by atoms with Crippen LogP contribution in [0.5, 0.6) is 0 Å². The molecule has 5 heteroatoms. The van der Waals surface area contributed by atoms with E-state index in [0.717, 1.165) is 18.4 Å². The van der Waals surface area contributed by atoms with E-state index in [-0.39, 0.29) is 5.82 Å². The molecule has 1 aromatic carbocycles. The summed E-state index contributed by atoms with van der Waals surface area (Å²) in [6.07, 6.45) is 1.61. The van der Waals surface area contributed by atoms with E-state index in [9.17, 15) is 9.65 Å². The van der Waals surface area contributed by atoms with E-state index in [2.05, 4.69) is 6.07 Å². The third-order valence-electron chi connectivity index (χ3n) is 5.02. The second-order valence-electron chi connectivity index (χ2n) is 7.02. The normalized spacial score (nSPS) is 24.7. The first-order valence-electron chi connectivity index (χ1n) is 7.28. The molecule has 1 aliphatic carbocycles. The van der Waals surface area contributed by atoms with Crippen LogP contribution >= 0.6 is 0 Å². The highest BCUT2D eigenvalue weighted by Crippen LogP contribution is 2.47. The van der Waals surface area contributed by atoms with Crippen LogP contribution in [0.25, 0.3) is 0 Å². The summed E-state index contributed by atoms with van der Waals surface area (Å²) >= 11 is 0. The largest absolute Gasteiger partial charge is 0.497 e. The van der Waals surface area contributed by atoms with Crippen LogP contribution in [-0.2, 0) is 14.7 Å². The van der Waals surface area contributed by atoms with E-state index < -0.39 is 23.7 Å². The lowest BCUT2D eigenvalue weighted by Gasteiger charge is -2.32. The number of rotatable bonds is 2. The molecule has 0 spiro atoms. The molecule has 1 heterocycles. The molecule has 1 aliphatic heterocycles. The Morgan fingerprint density at radius 2 is 1.71 bits per heavy atom. The molecule has 1 aromatic rings. The highest BCUT2D eigenvalue weighted by atomic mass is 19.1. The van der Waals surface area contributed by atoms with Crippen LogP contribution in [0, 0.1) is 17.1 Å². The van der Waals surface area contributed by atoms with E-state index >= 15 is 0 Å². The van der Waals surface area contributed by atoms with Crippen molar-refractivity contribution in [1.29, 1.82) is 5.26 Å². The van der Waals surface area contributed by atoms with Crippen LogP contribution in [0.2, 0.25) is 0 Å². The van der Waals surface area contributed by atoms with Crippen molar-refractivity contribution < 1.29 is 13.7 Å². The maximum atomic E-state index is 14.4. The van der Waals surface area contributed by atoms with Crippen molar-refractivity contribution in [3.8, 4) is 6.07 Å². The molecule has 0 aromatic heterocycles. The zero-order valence-corrected chi connectivity index (χ0v) is 12.9. The Morgan fingerprint density at radius 3 is 2.14 bits per heavy atom. The SMILES string of the molecule is CC1(C)OB(c2ccc(C3(C#N)CC3)cc2F)OC1(C)C. The lowest BCUT2D eigenvalue weighted by Crippen LogP contribution is -2.41. The summed E-state index contributed by atoms with van der Waals surface area (Å²) in [5.41, 5.74) is -0.316. The molecule has 2 aliphatic rings. The molecule has 0 N–H and O–H groups in total. The van der Waals surface area contributed by atoms with Gasteiger partial charge in [-0.15, -0.1) is 0 Å². The van der Waals surface area contributed by atoms with Crippen molar-refractivity contribution in [2.45, 2.75) is 57.2 Å². The van der Waals surface area contributed by atoms with E-state index in [0.29, 0.717) is 5.46 Å². The van der Waals surface area contributed by atoms with E-state index in [4.69, 9.17) is 9.31 Å². The number of hydrogen-bond acceptors (Lipinski definition) is 3. The third kappa shape index (κ3) is 2.18. The first kappa shape index (κ1) is 14.6. The average Bonchev–Trinajstić information content (AvgIpc) is 3.14. The highest BCUT2D eigenvalue weighted by molar-refractivity contribution is 6.62. The minimum absolute atomic E-state index is 0.368. The molecule has 0 bridgehead atoms. The summed E-state index contributed by atoms with van der Waals surface area (Å²) < 4.78 is 26.2. The second-order valence-corrected chi connectivity index (χ2v) is 7.02. The lowest BCUT2D eigenvalue weighted by molar-refractivity contribution is 0.00578. The van der Waals surface area contributed by atoms with Crippen molar-refractivity contribution in [2.75, 3.05) is 0 Å². The summed E-state index contributed by atoms with van der Waals surface area (Å²) in [7, 11) is -0.707. The molecule has 3 rings (SSSR count). The first-order chi connectivity index (χ1) is 9.71. The van der Waals surface area contributed by atoms with Gasteiger partial charge in [0, 0.05) is 5.46 Å². The molecule has 0 amide bonds. The van der Waals surface area contributed by atoms with Gasteiger partial charge in [0.05, 0.1) is 22.7 Å². The fraction of sp³-hybridized carbons (Fsp3) is 0.562. The minimum Gasteiger partial charge on any atom is -0.399 e. The maximum absolute atomic E-state index is 14.4. The molecule has 1 saturated heterocycles. The highest BCUT2D eigenvalue weighted by Gasteiger charge is 2.53. The molecule has 0 unspecified atom stereocenters. The molecular weight excluding hydrogens is 268 g/mol. The summed E-state index contributed by atoms with van der Waals surface area (Å²) in [6.45, 7) is 7.75. The van der Waals surface area contributed by atoms with Gasteiger partial charge in [0.2, 0.25) is 0 Å². The van der Waals surface area contributed by atoms with Gasteiger partial charge in [-0.25, -0.2) is 4.39 Å². The van der Waals surface area contributed by atoms with Crippen LogP contribution in [0.15, 0.2) is 18.2 Å². The summed E-state index contributed by atoms with van der Waals surface area (Å²) in [5, 5.41) is 9.20. The number of hydrogen-bond donors (Lipinski definition) is 0. The van der Waals surface area contributed by atoms with Gasteiger partial charge in [-0.1, -0.05) is 12.1 Å². The molecule has 0 radical (unpaired) electrons. The van der Waals surface area contributed by atoms with Gasteiger partial charge in [0.1, 0.15) is 5.82 Å². The monoisotopic (exact) mass is 287 g/mol. The Bertz CT molecular complexity index is 616. The lowest BCUT2D eigenvalue weighted by atomic mass is 9.77. The van der Waals surface area contributed by atoms with Crippen LogP contribution in [0.3, 0.4) is 0 Å². The van der Waals surface area contributed by atoms with Crippen molar-refractivity contribution in [3.05, 3.63) is 29.6 Å². The smallest absolute Gasteiger partial charge is 0.399 e. The third-order valence-corrected chi connectivity index (χ3v) is 5.02. The van der Waals surface area contributed by atoms with Gasteiger partial charge in [-0.05, 0) is 52.2 Å². The number of halogens is 1. The van der Waals surface area contributed by atoms with Gasteiger partial charge in [-0.2, -0.15) is 5.26 Å². The second kappa shape index (κ2) is 4.31. The van der Waals surface area contributed by atoms with Crippen LogP contribution in [0.1, 0.15) is 46.1 Å². The Kier molecular flexibility index (Phi) is 2.99. The maximum Gasteiger partial charge on any atom is 0.497 e. The Morgan fingerprint density at radius 1 is 1.14 bits per heavy atom. The summed E-state index contributed by atoms with van der Waals surface area (Å²) in [5.74, 6) is -0.368. The summed E-state index contributed by atoms with van der Waals surface area (Å²) in [4.78, 5) is 0. The van der Waals surface area contributed by atoms with Crippen molar-refractivity contribution in [2.24, 2.45) is 0 Å². The van der Waals surface area contributed by atoms with Gasteiger partial charge in [-0.3, -0.25) is 0 Å². The molecule has 1 saturated carbocycles. The van der Waals surface area contributed by atoms with Crippen molar-refractivity contribution in [3.63, 3.8) is 0 Å². The van der Waals surface area contributed by atoms with Crippen LogP contribution in [-0.4, -0.2) is 18.3 Å². The fourth-order valence-corrected chi connectivity index (χ4v) is 2.58. The number of benzene rings is 1. The Hall–Kier alpha value is -1.38. The zero-order valence-electron chi connectivity index (χ0n) is 12.9. The topological polar surface area (TPSA) is 42.2 Å². The molecule has 21 heavy (non-hydrogen) atoms. The Labute approximate surface area is 125 Å². The van der Waals surface area contributed by atoms with Crippen molar-refractivity contribution in [1.82, 2.24) is 0 Å². The van der Waals surface area contributed by atoms with Gasteiger partial charge >= 0.3 is 7.12 Å². The van der Waals surface area contributed by atoms with Crippen LogP contribution < -0.4 is 5.46 Å². The minimum atomic E-state index is -0.707. The molecule has 3 nitrogen and oxygen atoms in total. The predicted molar refractivity (Wildman–Crippen MR) is 78.6 cm³/mol. The fourth-order valence-electron chi connectivity index (χ4n) is 2.58. The van der Waals surface area contributed by atoms with Gasteiger partial charge < -0.3 is 9.31 Å². The average molecular weight is 287 g/mol.